The molecule has 0 unspecified atom stereocenters. The summed E-state index contributed by atoms with van der Waals surface area (Å²) in [4.78, 5) is 4.93. The summed E-state index contributed by atoms with van der Waals surface area (Å²) in [5, 5.41) is 0. The molecule has 106 valence electrons. The standard InChI is InChI=1S/C15H30N2O/c1-6-8-9-16-10-12-17(13-11-16)14(7-2)18-15(3,4)5/h7H,6,8-13H2,1-5H3/b14-7+. The van der Waals surface area contributed by atoms with Crippen molar-refractivity contribution in [3.8, 4) is 0 Å². The fourth-order valence-corrected chi connectivity index (χ4v) is 2.19. The zero-order valence-corrected chi connectivity index (χ0v) is 12.8. The van der Waals surface area contributed by atoms with Crippen LogP contribution in [0.1, 0.15) is 47.5 Å². The van der Waals surface area contributed by atoms with E-state index in [9.17, 15) is 0 Å². The second-order valence-electron chi connectivity index (χ2n) is 6.02. The number of ether oxygens (including phenoxy) is 1. The Morgan fingerprint density at radius 3 is 2.22 bits per heavy atom. The molecule has 1 fully saturated rings. The normalized spacial score (nSPS) is 19.2. The van der Waals surface area contributed by atoms with Crippen LogP contribution < -0.4 is 0 Å². The van der Waals surface area contributed by atoms with Gasteiger partial charge in [0.2, 0.25) is 0 Å². The van der Waals surface area contributed by atoms with Crippen molar-refractivity contribution in [1.82, 2.24) is 9.80 Å². The topological polar surface area (TPSA) is 15.7 Å². The summed E-state index contributed by atoms with van der Waals surface area (Å²) < 4.78 is 6.01. The molecule has 1 saturated heterocycles. The van der Waals surface area contributed by atoms with Gasteiger partial charge in [-0.15, -0.1) is 0 Å². The van der Waals surface area contributed by atoms with Gasteiger partial charge in [-0.25, -0.2) is 0 Å². The smallest absolute Gasteiger partial charge is 0.185 e. The molecule has 0 atom stereocenters. The summed E-state index contributed by atoms with van der Waals surface area (Å²) >= 11 is 0. The summed E-state index contributed by atoms with van der Waals surface area (Å²) in [5.41, 5.74) is -0.110. The molecule has 3 heteroatoms. The van der Waals surface area contributed by atoms with E-state index in [-0.39, 0.29) is 5.60 Å². The summed E-state index contributed by atoms with van der Waals surface area (Å²) in [6, 6.07) is 0. The van der Waals surface area contributed by atoms with Crippen molar-refractivity contribution in [2.75, 3.05) is 32.7 Å². The van der Waals surface area contributed by atoms with Gasteiger partial charge in [0, 0.05) is 26.2 Å². The van der Waals surface area contributed by atoms with Crippen molar-refractivity contribution in [3.05, 3.63) is 12.0 Å². The van der Waals surface area contributed by atoms with E-state index in [1.54, 1.807) is 0 Å². The second kappa shape index (κ2) is 7.03. The van der Waals surface area contributed by atoms with Gasteiger partial charge in [0.15, 0.2) is 5.88 Å². The Labute approximate surface area is 113 Å². The molecule has 0 spiro atoms. The van der Waals surface area contributed by atoms with Crippen LogP contribution in [0.25, 0.3) is 0 Å². The summed E-state index contributed by atoms with van der Waals surface area (Å²) in [6.07, 6.45) is 4.69. The highest BCUT2D eigenvalue weighted by Gasteiger charge is 2.22. The molecular weight excluding hydrogens is 224 g/mol. The Kier molecular flexibility index (Phi) is 6.00. The van der Waals surface area contributed by atoms with Crippen molar-refractivity contribution >= 4 is 0 Å². The van der Waals surface area contributed by atoms with Gasteiger partial charge in [0.05, 0.1) is 0 Å². The van der Waals surface area contributed by atoms with Gasteiger partial charge in [0.1, 0.15) is 5.60 Å². The van der Waals surface area contributed by atoms with Crippen molar-refractivity contribution in [2.24, 2.45) is 0 Å². The zero-order valence-electron chi connectivity index (χ0n) is 12.8. The van der Waals surface area contributed by atoms with Gasteiger partial charge < -0.3 is 9.64 Å². The molecule has 1 heterocycles. The molecule has 1 aliphatic rings. The molecule has 0 aromatic carbocycles. The van der Waals surface area contributed by atoms with Crippen LogP contribution in [-0.2, 0) is 4.74 Å². The molecular formula is C15H30N2O. The number of unbranched alkanes of at least 4 members (excludes halogenated alkanes) is 1. The van der Waals surface area contributed by atoms with Gasteiger partial charge in [0.25, 0.3) is 0 Å². The van der Waals surface area contributed by atoms with Crippen LogP contribution >= 0.6 is 0 Å². The van der Waals surface area contributed by atoms with E-state index in [4.69, 9.17) is 4.74 Å². The third kappa shape index (κ3) is 5.30. The minimum Gasteiger partial charge on any atom is -0.474 e. The quantitative estimate of drug-likeness (QED) is 0.701. The molecule has 0 saturated carbocycles. The first-order valence-electron chi connectivity index (χ1n) is 7.29. The van der Waals surface area contributed by atoms with Crippen LogP contribution in [0, 0.1) is 0 Å². The Balaban J connectivity index is 2.41. The second-order valence-corrected chi connectivity index (χ2v) is 6.02. The minimum absolute atomic E-state index is 0.110. The molecule has 0 radical (unpaired) electrons. The van der Waals surface area contributed by atoms with Crippen molar-refractivity contribution in [3.63, 3.8) is 0 Å². The van der Waals surface area contributed by atoms with Crippen LogP contribution in [0.3, 0.4) is 0 Å². The molecule has 0 aromatic rings. The number of nitrogens with zero attached hydrogens (tertiary/aromatic N) is 2. The van der Waals surface area contributed by atoms with Crippen LogP contribution in [0.15, 0.2) is 12.0 Å². The van der Waals surface area contributed by atoms with Crippen LogP contribution in [0.5, 0.6) is 0 Å². The molecule has 3 nitrogen and oxygen atoms in total. The van der Waals surface area contributed by atoms with E-state index in [1.807, 2.05) is 0 Å². The lowest BCUT2D eigenvalue weighted by molar-refractivity contribution is -0.0113. The maximum Gasteiger partial charge on any atom is 0.185 e. The van der Waals surface area contributed by atoms with Crippen molar-refractivity contribution in [2.45, 2.75) is 53.1 Å². The predicted octanol–water partition coefficient (Wildman–Crippen LogP) is 3.08. The molecule has 0 aliphatic carbocycles. The van der Waals surface area contributed by atoms with Crippen molar-refractivity contribution < 1.29 is 4.74 Å². The number of rotatable bonds is 5. The summed E-state index contributed by atoms with van der Waals surface area (Å²) in [7, 11) is 0. The Hall–Kier alpha value is -0.700. The highest BCUT2D eigenvalue weighted by molar-refractivity contribution is 4.95. The highest BCUT2D eigenvalue weighted by atomic mass is 16.5. The molecule has 1 aliphatic heterocycles. The fraction of sp³-hybridized carbons (Fsp3) is 0.867. The Bertz CT molecular complexity index is 260. The summed E-state index contributed by atoms with van der Waals surface area (Å²) in [5.74, 6) is 1.04. The highest BCUT2D eigenvalue weighted by Crippen LogP contribution is 2.18. The number of hydrogen-bond acceptors (Lipinski definition) is 3. The van der Waals surface area contributed by atoms with Crippen LogP contribution in [0.4, 0.5) is 0 Å². The van der Waals surface area contributed by atoms with E-state index in [1.165, 1.54) is 19.4 Å². The third-order valence-corrected chi connectivity index (χ3v) is 3.17. The summed E-state index contributed by atoms with van der Waals surface area (Å²) in [6.45, 7) is 16.4. The molecule has 0 aromatic heterocycles. The van der Waals surface area contributed by atoms with E-state index in [0.717, 1.165) is 32.1 Å². The maximum absolute atomic E-state index is 6.01. The lowest BCUT2D eigenvalue weighted by Gasteiger charge is -2.38. The lowest BCUT2D eigenvalue weighted by Crippen LogP contribution is -2.47. The molecule has 0 N–H and O–H groups in total. The Morgan fingerprint density at radius 1 is 1.17 bits per heavy atom. The first kappa shape index (κ1) is 15.4. The molecule has 0 amide bonds. The third-order valence-electron chi connectivity index (χ3n) is 3.17. The molecule has 1 rings (SSSR count). The SMILES string of the molecule is C/C=C(/OC(C)(C)C)N1CCN(CCCC)CC1. The minimum atomic E-state index is -0.110. The average Bonchev–Trinajstić information content (AvgIpc) is 2.33. The van der Waals surface area contributed by atoms with Gasteiger partial charge in [-0.1, -0.05) is 13.3 Å². The van der Waals surface area contributed by atoms with E-state index < -0.39 is 0 Å². The largest absolute Gasteiger partial charge is 0.474 e. The maximum atomic E-state index is 6.01. The van der Waals surface area contributed by atoms with Gasteiger partial charge in [-0.2, -0.15) is 0 Å². The van der Waals surface area contributed by atoms with Gasteiger partial charge in [-0.3, -0.25) is 4.90 Å². The first-order chi connectivity index (χ1) is 8.46. The molecule has 0 bridgehead atoms. The van der Waals surface area contributed by atoms with Gasteiger partial charge in [-0.05, 0) is 46.7 Å². The Morgan fingerprint density at radius 2 is 1.78 bits per heavy atom. The van der Waals surface area contributed by atoms with E-state index in [2.05, 4.69) is 50.5 Å². The van der Waals surface area contributed by atoms with E-state index >= 15 is 0 Å². The first-order valence-corrected chi connectivity index (χ1v) is 7.29. The van der Waals surface area contributed by atoms with Crippen LogP contribution in [-0.4, -0.2) is 48.1 Å². The monoisotopic (exact) mass is 254 g/mol. The predicted molar refractivity (Wildman–Crippen MR) is 77.5 cm³/mol. The van der Waals surface area contributed by atoms with Gasteiger partial charge >= 0.3 is 0 Å². The number of hydrogen-bond donors (Lipinski definition) is 0. The number of piperazine rings is 1. The average molecular weight is 254 g/mol. The fourth-order valence-electron chi connectivity index (χ4n) is 2.19. The zero-order chi connectivity index (χ0) is 13.6. The lowest BCUT2D eigenvalue weighted by atomic mass is 10.2. The van der Waals surface area contributed by atoms with E-state index in [0.29, 0.717) is 0 Å². The van der Waals surface area contributed by atoms with Crippen LogP contribution in [0.2, 0.25) is 0 Å². The number of allylic oxidation sites excluding steroid dienone is 1. The van der Waals surface area contributed by atoms with Crippen molar-refractivity contribution in [1.29, 1.82) is 0 Å². The molecule has 18 heavy (non-hydrogen) atoms.